The van der Waals surface area contributed by atoms with Crippen molar-refractivity contribution < 1.29 is 14.7 Å². The van der Waals surface area contributed by atoms with E-state index in [0.29, 0.717) is 28.5 Å². The highest BCUT2D eigenvalue weighted by Gasteiger charge is 2.24. The summed E-state index contributed by atoms with van der Waals surface area (Å²) >= 11 is 0. The van der Waals surface area contributed by atoms with Crippen molar-refractivity contribution in [3.8, 4) is 0 Å². The van der Waals surface area contributed by atoms with Crippen molar-refractivity contribution in [2.45, 2.75) is 27.3 Å². The van der Waals surface area contributed by atoms with Gasteiger partial charge in [-0.3, -0.25) is 9.89 Å². The molecular weight excluding hydrogens is 274 g/mol. The highest BCUT2D eigenvalue weighted by atomic mass is 16.4. The van der Waals surface area contributed by atoms with Crippen LogP contribution in [0.2, 0.25) is 0 Å². The molecule has 0 atom stereocenters. The molecule has 0 unspecified atom stereocenters. The molecule has 0 aliphatic heterocycles. The maximum absolute atomic E-state index is 12.5. The van der Waals surface area contributed by atoms with E-state index < -0.39 is 5.97 Å². The van der Waals surface area contributed by atoms with Crippen LogP contribution in [0.15, 0.2) is 0 Å². The second-order valence-electron chi connectivity index (χ2n) is 4.93. The number of nitrogens with one attached hydrogen (secondary N) is 2. The molecule has 0 spiro atoms. The molecule has 1 amide bonds. The lowest BCUT2D eigenvalue weighted by Gasteiger charge is -2.15. The summed E-state index contributed by atoms with van der Waals surface area (Å²) in [7, 11) is 1.63. The molecule has 2 heterocycles. The summed E-state index contributed by atoms with van der Waals surface area (Å²) in [5, 5.41) is 15.8. The van der Waals surface area contributed by atoms with Crippen LogP contribution in [0.3, 0.4) is 0 Å². The molecule has 0 radical (unpaired) electrons. The summed E-state index contributed by atoms with van der Waals surface area (Å²) in [6.45, 7) is 5.32. The molecule has 3 N–H and O–H groups in total. The number of H-pyrrole nitrogens is 2. The first-order valence-corrected chi connectivity index (χ1v) is 6.37. The van der Waals surface area contributed by atoms with Crippen molar-refractivity contribution in [1.82, 2.24) is 25.1 Å². The van der Waals surface area contributed by atoms with Crippen LogP contribution in [0, 0.1) is 20.8 Å². The molecule has 0 fully saturated rings. The van der Waals surface area contributed by atoms with Gasteiger partial charge in [0.1, 0.15) is 11.5 Å². The maximum Gasteiger partial charge on any atom is 0.352 e. The highest BCUT2D eigenvalue weighted by molar-refractivity contribution is 6.00. The molecule has 0 bridgehead atoms. The SMILES string of the molecule is Cc1nc(CN(C)C(=O)c2c(C)[nH]c(C(=O)O)c2C)n[nH]1. The van der Waals surface area contributed by atoms with E-state index in [1.807, 2.05) is 0 Å². The monoisotopic (exact) mass is 291 g/mol. The van der Waals surface area contributed by atoms with E-state index in [1.54, 1.807) is 27.8 Å². The van der Waals surface area contributed by atoms with Gasteiger partial charge in [-0.1, -0.05) is 0 Å². The van der Waals surface area contributed by atoms with E-state index >= 15 is 0 Å². The number of aryl methyl sites for hydroxylation is 2. The number of carboxylic acids is 1. The number of hydrogen-bond acceptors (Lipinski definition) is 4. The molecule has 2 aromatic heterocycles. The minimum Gasteiger partial charge on any atom is -0.477 e. The zero-order valence-corrected chi connectivity index (χ0v) is 12.3. The Balaban J connectivity index is 2.25. The quantitative estimate of drug-likeness (QED) is 0.778. The van der Waals surface area contributed by atoms with E-state index in [4.69, 9.17) is 5.11 Å². The van der Waals surface area contributed by atoms with Gasteiger partial charge < -0.3 is 15.0 Å². The fourth-order valence-corrected chi connectivity index (χ4v) is 2.22. The Morgan fingerprint density at radius 3 is 2.43 bits per heavy atom. The standard InChI is InChI=1S/C13H17N5O3/c1-6-10(7(2)14-11(6)13(20)21)12(19)18(4)5-9-15-8(3)16-17-9/h14H,5H2,1-4H3,(H,20,21)(H,15,16,17). The third kappa shape index (κ3) is 2.78. The van der Waals surface area contributed by atoms with Crippen molar-refractivity contribution in [1.29, 1.82) is 0 Å². The van der Waals surface area contributed by atoms with Crippen molar-refractivity contribution in [3.63, 3.8) is 0 Å². The summed E-state index contributed by atoms with van der Waals surface area (Å²) in [5.74, 6) is -0.168. The number of carbonyl (C=O) groups is 2. The van der Waals surface area contributed by atoms with Gasteiger partial charge in [-0.15, -0.1) is 0 Å². The van der Waals surface area contributed by atoms with Gasteiger partial charge in [0.2, 0.25) is 0 Å². The Hall–Kier alpha value is -2.64. The van der Waals surface area contributed by atoms with Crippen molar-refractivity contribution >= 4 is 11.9 Å². The first-order valence-electron chi connectivity index (χ1n) is 6.37. The average molecular weight is 291 g/mol. The average Bonchev–Trinajstić information content (AvgIpc) is 2.92. The lowest BCUT2D eigenvalue weighted by atomic mass is 10.1. The minimum absolute atomic E-state index is 0.0398. The topological polar surface area (TPSA) is 115 Å². The number of carbonyl (C=O) groups excluding carboxylic acids is 1. The van der Waals surface area contributed by atoms with Crippen LogP contribution in [0.25, 0.3) is 0 Å². The van der Waals surface area contributed by atoms with Gasteiger partial charge in [0, 0.05) is 12.7 Å². The number of amides is 1. The summed E-state index contributed by atoms with van der Waals surface area (Å²) in [5.41, 5.74) is 1.39. The zero-order valence-electron chi connectivity index (χ0n) is 12.3. The number of aromatic nitrogens is 4. The Bertz CT molecular complexity index is 701. The molecule has 8 nitrogen and oxygen atoms in total. The molecule has 0 aliphatic carbocycles. The molecule has 0 saturated heterocycles. The molecule has 0 aliphatic rings. The second-order valence-corrected chi connectivity index (χ2v) is 4.93. The molecule has 8 heteroatoms. The summed E-state index contributed by atoms with van der Waals surface area (Å²) in [6.07, 6.45) is 0. The molecule has 2 aromatic rings. The number of hydrogen-bond donors (Lipinski definition) is 3. The predicted octanol–water partition coefficient (Wildman–Crippen LogP) is 1.03. The number of rotatable bonds is 4. The van der Waals surface area contributed by atoms with Crippen LogP contribution in [-0.4, -0.2) is 49.1 Å². The normalized spacial score (nSPS) is 10.7. The molecule has 0 saturated carbocycles. The van der Waals surface area contributed by atoms with Crippen molar-refractivity contribution in [3.05, 3.63) is 34.2 Å². The van der Waals surface area contributed by atoms with Gasteiger partial charge in [0.05, 0.1) is 12.1 Å². The first kappa shape index (κ1) is 14.8. The van der Waals surface area contributed by atoms with Gasteiger partial charge in [-0.25, -0.2) is 9.78 Å². The van der Waals surface area contributed by atoms with Gasteiger partial charge >= 0.3 is 5.97 Å². The zero-order chi connectivity index (χ0) is 15.7. The van der Waals surface area contributed by atoms with Crippen molar-refractivity contribution in [2.75, 3.05) is 7.05 Å². The van der Waals surface area contributed by atoms with E-state index in [9.17, 15) is 9.59 Å². The fraction of sp³-hybridized carbons (Fsp3) is 0.385. The summed E-state index contributed by atoms with van der Waals surface area (Å²) in [4.78, 5) is 31.9. The van der Waals surface area contributed by atoms with Crippen molar-refractivity contribution in [2.24, 2.45) is 0 Å². The largest absolute Gasteiger partial charge is 0.477 e. The second kappa shape index (κ2) is 5.39. The molecular formula is C13H17N5O3. The van der Waals surface area contributed by atoms with E-state index in [2.05, 4.69) is 20.2 Å². The first-order chi connectivity index (χ1) is 9.81. The van der Waals surface area contributed by atoms with Crippen LogP contribution in [0.4, 0.5) is 0 Å². The third-order valence-corrected chi connectivity index (χ3v) is 3.23. The van der Waals surface area contributed by atoms with Crippen LogP contribution < -0.4 is 0 Å². The van der Waals surface area contributed by atoms with Gasteiger partial charge in [-0.2, -0.15) is 5.10 Å². The smallest absolute Gasteiger partial charge is 0.352 e. The number of aromatic amines is 2. The van der Waals surface area contributed by atoms with Crippen LogP contribution in [0.1, 0.15) is 43.8 Å². The van der Waals surface area contributed by atoms with E-state index in [-0.39, 0.29) is 18.1 Å². The minimum atomic E-state index is -1.08. The molecule has 21 heavy (non-hydrogen) atoms. The third-order valence-electron chi connectivity index (χ3n) is 3.23. The summed E-state index contributed by atoms with van der Waals surface area (Å²) < 4.78 is 0. The molecule has 2 rings (SSSR count). The lowest BCUT2D eigenvalue weighted by molar-refractivity contribution is 0.0690. The Morgan fingerprint density at radius 2 is 1.95 bits per heavy atom. The number of carboxylic acid groups (broad SMARTS) is 1. The van der Waals surface area contributed by atoms with Gasteiger partial charge in [0.15, 0.2) is 5.82 Å². The number of aromatic carboxylic acids is 1. The fourth-order valence-electron chi connectivity index (χ4n) is 2.22. The maximum atomic E-state index is 12.5. The van der Waals surface area contributed by atoms with Crippen LogP contribution in [-0.2, 0) is 6.54 Å². The Kier molecular flexibility index (Phi) is 3.79. The molecule has 0 aromatic carbocycles. The summed E-state index contributed by atoms with van der Waals surface area (Å²) in [6, 6.07) is 0. The Labute approximate surface area is 121 Å². The van der Waals surface area contributed by atoms with Crippen LogP contribution >= 0.6 is 0 Å². The van der Waals surface area contributed by atoms with E-state index in [1.165, 1.54) is 4.90 Å². The van der Waals surface area contributed by atoms with Gasteiger partial charge in [-0.05, 0) is 26.3 Å². The van der Waals surface area contributed by atoms with E-state index in [0.717, 1.165) is 0 Å². The van der Waals surface area contributed by atoms with Crippen LogP contribution in [0.5, 0.6) is 0 Å². The lowest BCUT2D eigenvalue weighted by Crippen LogP contribution is -2.27. The predicted molar refractivity (Wildman–Crippen MR) is 74.1 cm³/mol. The number of nitrogens with zero attached hydrogens (tertiary/aromatic N) is 3. The van der Waals surface area contributed by atoms with Gasteiger partial charge in [0.25, 0.3) is 5.91 Å². The molecule has 112 valence electrons. The Morgan fingerprint density at radius 1 is 1.29 bits per heavy atom. The highest BCUT2D eigenvalue weighted by Crippen LogP contribution is 2.20.